The number of ether oxygens (including phenoxy) is 1. The summed E-state index contributed by atoms with van der Waals surface area (Å²) in [7, 11) is 1.31. The largest absolute Gasteiger partial charge is 0.464 e. The van der Waals surface area contributed by atoms with Gasteiger partial charge in [0.05, 0.1) is 23.8 Å². The zero-order chi connectivity index (χ0) is 15.4. The fourth-order valence-corrected chi connectivity index (χ4v) is 2.42. The minimum absolute atomic E-state index is 0.215. The van der Waals surface area contributed by atoms with E-state index in [0.29, 0.717) is 23.1 Å². The van der Waals surface area contributed by atoms with Crippen molar-refractivity contribution in [2.45, 2.75) is 26.3 Å². The molecular weight excluding hydrogens is 341 g/mol. The predicted molar refractivity (Wildman–Crippen MR) is 78.6 cm³/mol. The van der Waals surface area contributed by atoms with Gasteiger partial charge < -0.3 is 4.74 Å². The number of rotatable bonds is 5. The molecule has 1 aromatic heterocycles. The molecule has 0 amide bonds. The van der Waals surface area contributed by atoms with Gasteiger partial charge in [0.1, 0.15) is 5.82 Å². The van der Waals surface area contributed by atoms with Crippen molar-refractivity contribution in [2.24, 2.45) is 0 Å². The molecule has 1 aromatic carbocycles. The topological polar surface area (TPSA) is 57.0 Å². The standard InChI is InChI=1S/C14H15BrFN3O2/c1-3-5-11-13(14(20)21-2)17-18-19(11)8-9-6-4-7-10(16)12(9)15/h4,6-7H,3,5,8H2,1-2H3. The highest BCUT2D eigenvalue weighted by atomic mass is 79.9. The van der Waals surface area contributed by atoms with Crippen molar-refractivity contribution in [3.8, 4) is 0 Å². The Hall–Kier alpha value is -1.76. The summed E-state index contributed by atoms with van der Waals surface area (Å²) in [4.78, 5) is 11.7. The van der Waals surface area contributed by atoms with Crippen LogP contribution in [0.4, 0.5) is 4.39 Å². The SMILES string of the molecule is CCCc1c(C(=O)OC)nnn1Cc1cccc(F)c1Br. The van der Waals surface area contributed by atoms with E-state index < -0.39 is 5.97 Å². The smallest absolute Gasteiger partial charge is 0.360 e. The lowest BCUT2D eigenvalue weighted by molar-refractivity contribution is 0.0592. The van der Waals surface area contributed by atoms with Gasteiger partial charge in [-0.25, -0.2) is 13.9 Å². The molecular formula is C14H15BrFN3O2. The summed E-state index contributed by atoms with van der Waals surface area (Å²) in [5, 5.41) is 7.88. The first kappa shape index (κ1) is 15.6. The molecule has 0 atom stereocenters. The van der Waals surface area contributed by atoms with Gasteiger partial charge in [-0.05, 0) is 34.0 Å². The number of halogens is 2. The highest BCUT2D eigenvalue weighted by Gasteiger charge is 2.20. The van der Waals surface area contributed by atoms with E-state index >= 15 is 0 Å². The lowest BCUT2D eigenvalue weighted by Crippen LogP contribution is -2.11. The fraction of sp³-hybridized carbons (Fsp3) is 0.357. The average molecular weight is 356 g/mol. The number of hydrogen-bond donors (Lipinski definition) is 0. The maximum atomic E-state index is 13.6. The van der Waals surface area contributed by atoms with E-state index in [1.54, 1.807) is 16.8 Å². The first-order valence-corrected chi connectivity index (χ1v) is 7.31. The molecule has 7 heteroatoms. The summed E-state index contributed by atoms with van der Waals surface area (Å²) in [5.41, 5.74) is 1.64. The van der Waals surface area contributed by atoms with E-state index in [4.69, 9.17) is 4.74 Å². The minimum Gasteiger partial charge on any atom is -0.464 e. The molecule has 2 aromatic rings. The van der Waals surface area contributed by atoms with Gasteiger partial charge in [0.25, 0.3) is 0 Å². The van der Waals surface area contributed by atoms with Crippen LogP contribution in [-0.2, 0) is 17.7 Å². The van der Waals surface area contributed by atoms with Gasteiger partial charge in [0.2, 0.25) is 0 Å². The van der Waals surface area contributed by atoms with Crippen LogP contribution in [0.25, 0.3) is 0 Å². The van der Waals surface area contributed by atoms with Crippen molar-refractivity contribution in [3.05, 3.63) is 45.4 Å². The highest BCUT2D eigenvalue weighted by Crippen LogP contribution is 2.22. The van der Waals surface area contributed by atoms with Gasteiger partial charge in [-0.2, -0.15) is 0 Å². The molecule has 0 N–H and O–H groups in total. The van der Waals surface area contributed by atoms with Crippen LogP contribution in [0, 0.1) is 5.82 Å². The fourth-order valence-electron chi connectivity index (χ4n) is 2.03. The Morgan fingerprint density at radius 3 is 2.90 bits per heavy atom. The number of carbonyl (C=O) groups excluding carboxylic acids is 1. The second kappa shape index (κ2) is 6.80. The van der Waals surface area contributed by atoms with E-state index in [1.807, 2.05) is 6.92 Å². The maximum Gasteiger partial charge on any atom is 0.360 e. The summed E-state index contributed by atoms with van der Waals surface area (Å²) in [6.07, 6.45) is 1.48. The molecule has 21 heavy (non-hydrogen) atoms. The molecule has 0 saturated carbocycles. The number of aromatic nitrogens is 3. The summed E-state index contributed by atoms with van der Waals surface area (Å²) in [5.74, 6) is -0.846. The van der Waals surface area contributed by atoms with Crippen LogP contribution in [-0.4, -0.2) is 28.1 Å². The molecule has 0 aliphatic rings. The van der Waals surface area contributed by atoms with Crippen LogP contribution in [0.3, 0.4) is 0 Å². The zero-order valence-corrected chi connectivity index (χ0v) is 13.4. The van der Waals surface area contributed by atoms with Crippen molar-refractivity contribution < 1.29 is 13.9 Å². The summed E-state index contributed by atoms with van der Waals surface area (Å²) >= 11 is 3.22. The Balaban J connectivity index is 2.38. The number of nitrogens with zero attached hydrogens (tertiary/aromatic N) is 3. The third-order valence-corrected chi connectivity index (χ3v) is 3.94. The minimum atomic E-state index is -0.511. The normalized spacial score (nSPS) is 10.7. The highest BCUT2D eigenvalue weighted by molar-refractivity contribution is 9.10. The number of methoxy groups -OCH3 is 1. The molecule has 0 saturated heterocycles. The van der Waals surface area contributed by atoms with Crippen LogP contribution in [0.5, 0.6) is 0 Å². The molecule has 0 aliphatic carbocycles. The molecule has 0 spiro atoms. The van der Waals surface area contributed by atoms with E-state index in [0.717, 1.165) is 12.0 Å². The van der Waals surface area contributed by atoms with E-state index in [9.17, 15) is 9.18 Å². The first-order valence-electron chi connectivity index (χ1n) is 6.52. The Labute approximate surface area is 130 Å². The second-order valence-corrected chi connectivity index (χ2v) is 5.29. The third-order valence-electron chi connectivity index (χ3n) is 3.05. The van der Waals surface area contributed by atoms with E-state index in [1.165, 1.54) is 13.2 Å². The lowest BCUT2D eigenvalue weighted by atomic mass is 10.2. The third kappa shape index (κ3) is 3.29. The van der Waals surface area contributed by atoms with E-state index in [2.05, 4.69) is 26.2 Å². The molecule has 2 rings (SSSR count). The molecule has 0 aliphatic heterocycles. The van der Waals surface area contributed by atoms with Crippen LogP contribution in [0.15, 0.2) is 22.7 Å². The van der Waals surface area contributed by atoms with Crippen LogP contribution in [0.2, 0.25) is 0 Å². The van der Waals surface area contributed by atoms with Crippen molar-refractivity contribution in [1.82, 2.24) is 15.0 Å². The van der Waals surface area contributed by atoms with Crippen LogP contribution in [0.1, 0.15) is 35.1 Å². The van der Waals surface area contributed by atoms with Crippen molar-refractivity contribution in [1.29, 1.82) is 0 Å². The lowest BCUT2D eigenvalue weighted by Gasteiger charge is -2.09. The van der Waals surface area contributed by atoms with Crippen molar-refractivity contribution in [3.63, 3.8) is 0 Å². The predicted octanol–water partition coefficient (Wildman–Crippen LogP) is 2.97. The molecule has 0 radical (unpaired) electrons. The molecule has 1 heterocycles. The van der Waals surface area contributed by atoms with Gasteiger partial charge in [-0.1, -0.05) is 30.7 Å². The zero-order valence-electron chi connectivity index (χ0n) is 11.8. The molecule has 0 bridgehead atoms. The molecule has 112 valence electrons. The first-order chi connectivity index (χ1) is 10.1. The maximum absolute atomic E-state index is 13.6. The number of hydrogen-bond acceptors (Lipinski definition) is 4. The molecule has 0 unspecified atom stereocenters. The van der Waals surface area contributed by atoms with Crippen LogP contribution >= 0.6 is 15.9 Å². The monoisotopic (exact) mass is 355 g/mol. The number of carbonyl (C=O) groups is 1. The summed E-state index contributed by atoms with van der Waals surface area (Å²) in [6, 6.07) is 4.80. The Kier molecular flexibility index (Phi) is 5.06. The average Bonchev–Trinajstić information content (AvgIpc) is 2.86. The summed E-state index contributed by atoms with van der Waals surface area (Å²) in [6.45, 7) is 2.33. The van der Waals surface area contributed by atoms with E-state index in [-0.39, 0.29) is 11.5 Å². The van der Waals surface area contributed by atoms with Gasteiger partial charge in [0, 0.05) is 0 Å². The van der Waals surface area contributed by atoms with Gasteiger partial charge in [-0.15, -0.1) is 5.10 Å². The van der Waals surface area contributed by atoms with Crippen molar-refractivity contribution >= 4 is 21.9 Å². The van der Waals surface area contributed by atoms with Gasteiger partial charge >= 0.3 is 5.97 Å². The van der Waals surface area contributed by atoms with Gasteiger partial charge in [-0.3, -0.25) is 0 Å². The number of benzene rings is 1. The molecule has 5 nitrogen and oxygen atoms in total. The Morgan fingerprint density at radius 2 is 2.24 bits per heavy atom. The van der Waals surface area contributed by atoms with Gasteiger partial charge in [0.15, 0.2) is 5.69 Å². The Morgan fingerprint density at radius 1 is 1.48 bits per heavy atom. The summed E-state index contributed by atoms with van der Waals surface area (Å²) < 4.78 is 20.3. The number of esters is 1. The molecule has 0 fully saturated rings. The Bertz CT molecular complexity index is 658. The van der Waals surface area contributed by atoms with Crippen molar-refractivity contribution in [2.75, 3.05) is 7.11 Å². The van der Waals surface area contributed by atoms with Crippen LogP contribution < -0.4 is 0 Å². The quantitative estimate of drug-likeness (QED) is 0.773. The second-order valence-electron chi connectivity index (χ2n) is 4.50.